The maximum absolute atomic E-state index is 10.8. The van der Waals surface area contributed by atoms with E-state index in [1.54, 1.807) is 14.2 Å². The summed E-state index contributed by atoms with van der Waals surface area (Å²) in [4.78, 5) is 14.5. The molecule has 1 fully saturated rings. The molecule has 1 saturated heterocycles. The molecule has 3 aromatic heterocycles. The summed E-state index contributed by atoms with van der Waals surface area (Å²) in [5.41, 5.74) is 7.85. The zero-order valence-corrected chi connectivity index (χ0v) is 20.5. The monoisotopic (exact) mass is 512 g/mol. The van der Waals surface area contributed by atoms with Gasteiger partial charge in [-0.2, -0.15) is 14.8 Å². The normalized spacial score (nSPS) is 21.4. The third kappa shape index (κ3) is 4.59. The van der Waals surface area contributed by atoms with Gasteiger partial charge in [0.15, 0.2) is 35.3 Å². The van der Waals surface area contributed by atoms with Crippen LogP contribution < -0.4 is 20.5 Å². The highest BCUT2D eigenvalue weighted by molar-refractivity contribution is 5.83. The molecule has 5 N–H and O–H groups in total. The Morgan fingerprint density at radius 1 is 1.14 bits per heavy atom. The number of anilines is 2. The molecule has 5 rings (SSSR count). The summed E-state index contributed by atoms with van der Waals surface area (Å²) in [7, 11) is 3.18. The molecule has 1 aliphatic rings. The molecular weight excluding hydrogens is 484 g/mol. The number of benzene rings is 1. The first-order valence-electron chi connectivity index (χ1n) is 11.7. The van der Waals surface area contributed by atoms with Gasteiger partial charge in [-0.3, -0.25) is 4.57 Å². The van der Waals surface area contributed by atoms with Crippen molar-refractivity contribution in [2.75, 3.05) is 31.8 Å². The van der Waals surface area contributed by atoms with Crippen molar-refractivity contribution < 1.29 is 24.4 Å². The van der Waals surface area contributed by atoms with Crippen LogP contribution in [-0.2, 0) is 17.7 Å². The van der Waals surface area contributed by atoms with E-state index in [1.165, 1.54) is 15.7 Å². The molecule has 0 aliphatic carbocycles. The number of aliphatic hydroxyl groups is 2. The first kappa shape index (κ1) is 24.6. The number of aromatic nitrogens is 8. The van der Waals surface area contributed by atoms with Crippen LogP contribution in [-0.4, -0.2) is 82.9 Å². The van der Waals surface area contributed by atoms with E-state index < -0.39 is 24.5 Å². The van der Waals surface area contributed by atoms with Gasteiger partial charge in [-0.1, -0.05) is 6.07 Å². The van der Waals surface area contributed by atoms with Crippen molar-refractivity contribution >= 4 is 22.9 Å². The number of rotatable bonds is 9. The first-order valence-corrected chi connectivity index (χ1v) is 11.7. The fourth-order valence-electron chi connectivity index (χ4n) is 4.16. The van der Waals surface area contributed by atoms with Crippen LogP contribution in [0.5, 0.6) is 11.5 Å². The van der Waals surface area contributed by atoms with Gasteiger partial charge in [0.2, 0.25) is 11.8 Å². The summed E-state index contributed by atoms with van der Waals surface area (Å²) < 4.78 is 18.1. The number of nitrogens with one attached hydrogen (secondary N) is 1. The van der Waals surface area contributed by atoms with Crippen LogP contribution >= 0.6 is 0 Å². The molecule has 15 heteroatoms. The minimum atomic E-state index is -1.30. The Kier molecular flexibility index (Phi) is 6.73. The molecule has 0 bridgehead atoms. The molecule has 0 spiro atoms. The Labute approximate surface area is 211 Å². The van der Waals surface area contributed by atoms with Crippen molar-refractivity contribution in [1.82, 2.24) is 39.7 Å². The molecule has 0 amide bonds. The number of ether oxygens (including phenoxy) is 3. The predicted octanol–water partition coefficient (Wildman–Crippen LogP) is 0.0786. The lowest BCUT2D eigenvalue weighted by Crippen LogP contribution is -2.29. The standard InChI is InChI=1S/C22H28N10O5/c1-4-32-29-19(28-30-32)17-15(33)16(34)21(37-17)31-10-25-14-18(23)26-22(27-20(14)31)24-8-7-11-5-6-12(35-2)13(9-11)36-3/h5-6,9-10,15-17,21,33-34H,4,7-8H2,1-3H3,(H3,23,24,26,27)/t15-,16+,17?,21+/m0/s1. The van der Waals surface area contributed by atoms with E-state index in [0.717, 1.165) is 5.56 Å². The second-order valence-corrected chi connectivity index (χ2v) is 8.39. The number of aryl methyl sites for hydroxylation is 1. The maximum atomic E-state index is 10.8. The predicted molar refractivity (Wildman–Crippen MR) is 130 cm³/mol. The Bertz CT molecular complexity index is 1390. The Morgan fingerprint density at radius 2 is 1.95 bits per heavy atom. The highest BCUT2D eigenvalue weighted by Crippen LogP contribution is 2.38. The second kappa shape index (κ2) is 10.1. The molecule has 0 saturated carbocycles. The van der Waals surface area contributed by atoms with Gasteiger partial charge in [0.05, 0.1) is 27.1 Å². The van der Waals surface area contributed by atoms with Crippen LogP contribution in [0.2, 0.25) is 0 Å². The number of nitrogens with zero attached hydrogens (tertiary/aromatic N) is 8. The summed E-state index contributed by atoms with van der Waals surface area (Å²) in [6.45, 7) is 2.87. The summed E-state index contributed by atoms with van der Waals surface area (Å²) in [5, 5.41) is 36.6. The number of nitrogens with two attached hydrogens (primary N) is 1. The van der Waals surface area contributed by atoms with Crippen LogP contribution in [0.25, 0.3) is 11.2 Å². The molecular formula is C22H28N10O5. The van der Waals surface area contributed by atoms with E-state index in [2.05, 4.69) is 35.7 Å². The van der Waals surface area contributed by atoms with Gasteiger partial charge in [0.25, 0.3) is 0 Å². The van der Waals surface area contributed by atoms with E-state index >= 15 is 0 Å². The Hall–Kier alpha value is -4.08. The van der Waals surface area contributed by atoms with Crippen molar-refractivity contribution in [2.45, 2.75) is 44.4 Å². The number of hydrogen-bond acceptors (Lipinski definition) is 13. The average Bonchev–Trinajstić information content (AvgIpc) is 3.62. The van der Waals surface area contributed by atoms with Crippen LogP contribution in [0.3, 0.4) is 0 Å². The minimum Gasteiger partial charge on any atom is -0.493 e. The number of aliphatic hydroxyl groups excluding tert-OH is 2. The van der Waals surface area contributed by atoms with E-state index in [9.17, 15) is 10.2 Å². The number of fused-ring (bicyclic) bond motifs is 1. The van der Waals surface area contributed by atoms with Gasteiger partial charge < -0.3 is 35.5 Å². The average molecular weight is 513 g/mol. The summed E-state index contributed by atoms with van der Waals surface area (Å²) in [6.07, 6.45) is -2.47. The molecule has 37 heavy (non-hydrogen) atoms. The lowest BCUT2D eigenvalue weighted by Gasteiger charge is -2.16. The zero-order valence-electron chi connectivity index (χ0n) is 20.5. The van der Waals surface area contributed by atoms with Crippen LogP contribution in [0.1, 0.15) is 30.6 Å². The lowest BCUT2D eigenvalue weighted by molar-refractivity contribution is -0.0384. The molecule has 1 aliphatic heterocycles. The van der Waals surface area contributed by atoms with Crippen LogP contribution in [0.15, 0.2) is 24.5 Å². The van der Waals surface area contributed by atoms with Gasteiger partial charge in [0.1, 0.15) is 17.7 Å². The van der Waals surface area contributed by atoms with Crippen molar-refractivity contribution in [2.24, 2.45) is 0 Å². The molecule has 15 nitrogen and oxygen atoms in total. The maximum Gasteiger partial charge on any atom is 0.226 e. The molecule has 1 aromatic carbocycles. The van der Waals surface area contributed by atoms with Crippen molar-refractivity contribution in [3.05, 3.63) is 35.9 Å². The van der Waals surface area contributed by atoms with Gasteiger partial charge in [-0.25, -0.2) is 4.98 Å². The van der Waals surface area contributed by atoms with Gasteiger partial charge in [-0.15, -0.1) is 10.2 Å². The first-order chi connectivity index (χ1) is 17.9. The molecule has 1 unspecified atom stereocenters. The number of methoxy groups -OCH3 is 2. The molecule has 196 valence electrons. The summed E-state index contributed by atoms with van der Waals surface area (Å²) in [5.74, 6) is 1.92. The SMILES string of the molecule is CCn1nnc(C2O[C@@H](n3cnc4c(N)nc(NCCc5ccc(OC)c(OC)c5)nc43)[C@H](O)[C@@H]2O)n1. The zero-order chi connectivity index (χ0) is 26.1. The largest absolute Gasteiger partial charge is 0.493 e. The van der Waals surface area contributed by atoms with E-state index in [0.29, 0.717) is 42.2 Å². The smallest absolute Gasteiger partial charge is 0.226 e. The summed E-state index contributed by atoms with van der Waals surface area (Å²) in [6, 6.07) is 5.70. The summed E-state index contributed by atoms with van der Waals surface area (Å²) >= 11 is 0. The lowest BCUT2D eigenvalue weighted by atomic mass is 10.1. The van der Waals surface area contributed by atoms with Crippen LogP contribution in [0, 0.1) is 0 Å². The number of tetrazole rings is 1. The van der Waals surface area contributed by atoms with Gasteiger partial charge >= 0.3 is 0 Å². The minimum absolute atomic E-state index is 0.162. The van der Waals surface area contributed by atoms with Gasteiger partial charge in [-0.05, 0) is 36.3 Å². The number of hydrogen-bond donors (Lipinski definition) is 4. The highest BCUT2D eigenvalue weighted by Gasteiger charge is 2.47. The second-order valence-electron chi connectivity index (χ2n) is 8.39. The van der Waals surface area contributed by atoms with E-state index in [-0.39, 0.29) is 17.6 Å². The van der Waals surface area contributed by atoms with Crippen molar-refractivity contribution in [3.63, 3.8) is 0 Å². The highest BCUT2D eigenvalue weighted by atomic mass is 16.6. The third-order valence-corrected chi connectivity index (χ3v) is 6.11. The van der Waals surface area contributed by atoms with E-state index in [1.807, 2.05) is 25.1 Å². The number of imidazole rings is 1. The molecule has 4 atom stereocenters. The quantitative estimate of drug-likeness (QED) is 0.236. The molecule has 4 heterocycles. The fraction of sp³-hybridized carbons (Fsp3) is 0.455. The van der Waals surface area contributed by atoms with Crippen molar-refractivity contribution in [1.29, 1.82) is 0 Å². The van der Waals surface area contributed by atoms with Crippen molar-refractivity contribution in [3.8, 4) is 11.5 Å². The third-order valence-electron chi connectivity index (χ3n) is 6.11. The Morgan fingerprint density at radius 3 is 2.68 bits per heavy atom. The molecule has 4 aromatic rings. The van der Waals surface area contributed by atoms with Gasteiger partial charge in [0, 0.05) is 6.54 Å². The topological polar surface area (TPSA) is 193 Å². The van der Waals surface area contributed by atoms with E-state index in [4.69, 9.17) is 19.9 Å². The van der Waals surface area contributed by atoms with Crippen LogP contribution in [0.4, 0.5) is 11.8 Å². The fourth-order valence-corrected chi connectivity index (χ4v) is 4.16. The molecule has 0 radical (unpaired) electrons. The Balaban J connectivity index is 1.34. The number of nitrogen functional groups attached to an aromatic ring is 1.